The zero-order valence-electron chi connectivity index (χ0n) is 10.0. The van der Waals surface area contributed by atoms with E-state index >= 15 is 0 Å². The van der Waals surface area contributed by atoms with E-state index in [-0.39, 0.29) is 12.2 Å². The van der Waals surface area contributed by atoms with E-state index in [0.29, 0.717) is 0 Å². The lowest BCUT2D eigenvalue weighted by Gasteiger charge is -2.06. The lowest BCUT2D eigenvalue weighted by molar-refractivity contribution is -0.145. The van der Waals surface area contributed by atoms with Gasteiger partial charge in [0.15, 0.2) is 0 Å². The maximum absolute atomic E-state index is 11.1. The van der Waals surface area contributed by atoms with E-state index in [1.165, 1.54) is 6.92 Å². The Bertz CT molecular complexity index is 418. The monoisotopic (exact) mass is 232 g/mol. The first-order chi connectivity index (χ1) is 8.02. The largest absolute Gasteiger partial charge is 0.481 e. The number of carboxylic acids is 1. The summed E-state index contributed by atoms with van der Waals surface area (Å²) in [6.45, 7) is 3.22. The van der Waals surface area contributed by atoms with Crippen molar-refractivity contribution in [2.24, 2.45) is 5.92 Å². The van der Waals surface area contributed by atoms with Crippen LogP contribution in [0.5, 0.6) is 0 Å². The summed E-state index contributed by atoms with van der Waals surface area (Å²) in [5, 5.41) is 8.88. The molecule has 0 aliphatic heterocycles. The minimum atomic E-state index is -1.06. The van der Waals surface area contributed by atoms with Gasteiger partial charge in [0.25, 0.3) is 0 Å². The maximum atomic E-state index is 11.1. The zero-order chi connectivity index (χ0) is 12.8. The number of benzene rings is 1. The van der Waals surface area contributed by atoms with Crippen LogP contribution in [-0.4, -0.2) is 16.9 Å². The Morgan fingerprint density at radius 2 is 1.82 bits per heavy atom. The van der Waals surface area contributed by atoms with Gasteiger partial charge in [-0.1, -0.05) is 36.4 Å². The molecule has 1 unspecified atom stereocenters. The molecular weight excluding hydrogens is 216 g/mol. The number of aliphatic carboxylic acids is 1. The minimum absolute atomic E-state index is 0.241. The Morgan fingerprint density at radius 1 is 1.24 bits per heavy atom. The molecule has 0 fully saturated rings. The molecule has 0 spiro atoms. The lowest BCUT2D eigenvalue weighted by Crippen LogP contribution is -2.20. The molecule has 0 saturated carbocycles. The molecule has 3 nitrogen and oxygen atoms in total. The second kappa shape index (κ2) is 5.99. The number of Topliss-reactive ketones (excluding diaryl/α,β-unsaturated/α-hetero) is 1. The fraction of sp³-hybridized carbons (Fsp3) is 0.286. The molecule has 3 heteroatoms. The van der Waals surface area contributed by atoms with Crippen LogP contribution in [-0.2, 0) is 9.59 Å². The average molecular weight is 232 g/mol. The van der Waals surface area contributed by atoms with Crippen molar-refractivity contribution in [2.45, 2.75) is 20.3 Å². The zero-order valence-corrected chi connectivity index (χ0v) is 10.0. The smallest absolute Gasteiger partial charge is 0.314 e. The van der Waals surface area contributed by atoms with E-state index in [4.69, 9.17) is 5.11 Å². The van der Waals surface area contributed by atoms with Crippen LogP contribution in [0, 0.1) is 5.92 Å². The normalized spacial score (nSPS) is 13.2. The van der Waals surface area contributed by atoms with Crippen molar-refractivity contribution in [2.75, 3.05) is 0 Å². The molecule has 0 aromatic heterocycles. The summed E-state index contributed by atoms with van der Waals surface area (Å²) >= 11 is 0. The Hall–Kier alpha value is -1.90. The molecule has 17 heavy (non-hydrogen) atoms. The molecule has 0 aliphatic rings. The molecule has 1 atom stereocenters. The Labute approximate surface area is 101 Å². The van der Waals surface area contributed by atoms with Crippen molar-refractivity contribution < 1.29 is 14.7 Å². The fourth-order valence-corrected chi connectivity index (χ4v) is 1.55. The molecule has 90 valence electrons. The van der Waals surface area contributed by atoms with Crippen LogP contribution in [0.4, 0.5) is 0 Å². The highest BCUT2D eigenvalue weighted by Crippen LogP contribution is 2.16. The second-order valence-corrected chi connectivity index (χ2v) is 3.99. The number of carboxylic acid groups (broad SMARTS) is 1. The van der Waals surface area contributed by atoms with Crippen molar-refractivity contribution in [3.63, 3.8) is 0 Å². The van der Waals surface area contributed by atoms with Crippen molar-refractivity contribution in [1.82, 2.24) is 0 Å². The van der Waals surface area contributed by atoms with Gasteiger partial charge in [-0.3, -0.25) is 9.59 Å². The van der Waals surface area contributed by atoms with Gasteiger partial charge in [0, 0.05) is 0 Å². The highest BCUT2D eigenvalue weighted by atomic mass is 16.4. The van der Waals surface area contributed by atoms with Gasteiger partial charge in [0.05, 0.1) is 0 Å². The molecule has 0 aliphatic carbocycles. The number of hydrogen-bond acceptors (Lipinski definition) is 2. The van der Waals surface area contributed by atoms with Gasteiger partial charge in [0.1, 0.15) is 11.7 Å². The molecule has 0 saturated heterocycles. The SMILES string of the molecule is CC(=O)C(C/C=C(\C)c1ccccc1)C(=O)O. The summed E-state index contributed by atoms with van der Waals surface area (Å²) in [5.41, 5.74) is 2.03. The molecule has 0 radical (unpaired) electrons. The van der Waals surface area contributed by atoms with Crippen molar-refractivity contribution in [1.29, 1.82) is 0 Å². The van der Waals surface area contributed by atoms with Crippen molar-refractivity contribution in [3.05, 3.63) is 42.0 Å². The lowest BCUT2D eigenvalue weighted by atomic mass is 9.98. The van der Waals surface area contributed by atoms with E-state index in [0.717, 1.165) is 11.1 Å². The van der Waals surface area contributed by atoms with Crippen LogP contribution in [0.25, 0.3) is 5.57 Å². The summed E-state index contributed by atoms with van der Waals surface area (Å²) in [4.78, 5) is 22.0. The van der Waals surface area contributed by atoms with Gasteiger partial charge >= 0.3 is 5.97 Å². The number of carbonyl (C=O) groups is 2. The van der Waals surface area contributed by atoms with Gasteiger partial charge in [-0.25, -0.2) is 0 Å². The van der Waals surface area contributed by atoms with Crippen LogP contribution >= 0.6 is 0 Å². The molecule has 0 amide bonds. The van der Waals surface area contributed by atoms with Crippen molar-refractivity contribution in [3.8, 4) is 0 Å². The van der Waals surface area contributed by atoms with E-state index in [9.17, 15) is 9.59 Å². The van der Waals surface area contributed by atoms with E-state index < -0.39 is 11.9 Å². The average Bonchev–Trinajstić information content (AvgIpc) is 2.29. The van der Waals surface area contributed by atoms with Gasteiger partial charge in [0.2, 0.25) is 0 Å². The number of rotatable bonds is 5. The summed E-state index contributed by atoms with van der Waals surface area (Å²) in [7, 11) is 0. The van der Waals surface area contributed by atoms with Crippen LogP contribution in [0.1, 0.15) is 25.8 Å². The highest BCUT2D eigenvalue weighted by Gasteiger charge is 2.20. The molecule has 0 heterocycles. The third-order valence-electron chi connectivity index (χ3n) is 2.68. The van der Waals surface area contributed by atoms with Gasteiger partial charge in [-0.2, -0.15) is 0 Å². The summed E-state index contributed by atoms with van der Waals surface area (Å²) in [6.07, 6.45) is 2.04. The molecule has 1 rings (SSSR count). The number of carbonyl (C=O) groups excluding carboxylic acids is 1. The predicted molar refractivity (Wildman–Crippen MR) is 66.5 cm³/mol. The third kappa shape index (κ3) is 3.87. The predicted octanol–water partition coefficient (Wildman–Crippen LogP) is 2.77. The summed E-state index contributed by atoms with van der Waals surface area (Å²) in [5.74, 6) is -2.31. The van der Waals surface area contributed by atoms with Gasteiger partial charge in [-0.05, 0) is 31.4 Å². The standard InChI is InChI=1S/C14H16O3/c1-10(12-6-4-3-5-7-12)8-9-13(11(2)15)14(16)17/h3-8,13H,9H2,1-2H3,(H,16,17)/b10-8+. The first kappa shape index (κ1) is 13.2. The number of allylic oxidation sites excluding steroid dienone is 2. The first-order valence-corrected chi connectivity index (χ1v) is 5.48. The van der Waals surface area contributed by atoms with Gasteiger partial charge in [-0.15, -0.1) is 0 Å². The third-order valence-corrected chi connectivity index (χ3v) is 2.68. The summed E-state index contributed by atoms with van der Waals surface area (Å²) in [6, 6.07) is 9.68. The Kier molecular flexibility index (Phi) is 4.64. The van der Waals surface area contributed by atoms with Crippen LogP contribution < -0.4 is 0 Å². The molecular formula is C14H16O3. The van der Waals surface area contributed by atoms with Crippen LogP contribution in [0.3, 0.4) is 0 Å². The Balaban J connectivity index is 2.77. The van der Waals surface area contributed by atoms with Crippen molar-refractivity contribution >= 4 is 17.3 Å². The van der Waals surface area contributed by atoms with E-state index in [1.807, 2.05) is 37.3 Å². The summed E-state index contributed by atoms with van der Waals surface area (Å²) < 4.78 is 0. The Morgan fingerprint density at radius 3 is 2.29 bits per heavy atom. The first-order valence-electron chi connectivity index (χ1n) is 5.48. The van der Waals surface area contributed by atoms with E-state index in [2.05, 4.69) is 0 Å². The minimum Gasteiger partial charge on any atom is -0.481 e. The van der Waals surface area contributed by atoms with Crippen LogP contribution in [0.15, 0.2) is 36.4 Å². The molecule has 1 N–H and O–H groups in total. The number of hydrogen-bond donors (Lipinski definition) is 1. The quantitative estimate of drug-likeness (QED) is 0.794. The topological polar surface area (TPSA) is 54.4 Å². The van der Waals surface area contributed by atoms with Crippen LogP contribution in [0.2, 0.25) is 0 Å². The molecule has 1 aromatic rings. The van der Waals surface area contributed by atoms with Gasteiger partial charge < -0.3 is 5.11 Å². The molecule has 0 bridgehead atoms. The van der Waals surface area contributed by atoms with E-state index in [1.54, 1.807) is 6.08 Å². The number of ketones is 1. The fourth-order valence-electron chi connectivity index (χ4n) is 1.55. The maximum Gasteiger partial charge on any atom is 0.314 e. The second-order valence-electron chi connectivity index (χ2n) is 3.99. The highest BCUT2D eigenvalue weighted by molar-refractivity contribution is 5.97. The molecule has 1 aromatic carbocycles.